The lowest BCUT2D eigenvalue weighted by atomic mass is 9.88. The van der Waals surface area contributed by atoms with Crippen molar-refractivity contribution >= 4 is 46.7 Å². The molecule has 63 heavy (non-hydrogen) atoms. The molecule has 0 spiro atoms. The summed E-state index contributed by atoms with van der Waals surface area (Å²) in [5, 5.41) is 23.4. The molecule has 0 saturated carbocycles. The Bertz CT molecular complexity index is 2690. The van der Waals surface area contributed by atoms with Crippen molar-refractivity contribution < 1.29 is 29.0 Å². The Kier molecular flexibility index (Phi) is 12.8. The third kappa shape index (κ3) is 9.42. The number of rotatable bonds is 13. The van der Waals surface area contributed by atoms with Gasteiger partial charge in [0.05, 0.1) is 33.4 Å². The molecule has 318 valence electrons. The fourth-order valence-corrected chi connectivity index (χ4v) is 8.70. The molecule has 2 heterocycles. The minimum absolute atomic E-state index is 0.0846. The van der Waals surface area contributed by atoms with E-state index in [4.69, 9.17) is 37.9 Å². The van der Waals surface area contributed by atoms with Gasteiger partial charge in [0.1, 0.15) is 24.1 Å². The third-order valence-corrected chi connectivity index (χ3v) is 12.5. The summed E-state index contributed by atoms with van der Waals surface area (Å²) < 4.78 is 12.5. The van der Waals surface area contributed by atoms with E-state index in [1.807, 2.05) is 97.1 Å². The monoisotopic (exact) mass is 878 g/mol. The average molecular weight is 880 g/mol. The first-order valence-corrected chi connectivity index (χ1v) is 21.4. The molecule has 12 heteroatoms. The quantitative estimate of drug-likeness (QED) is 0.117. The molecular weight excluding hydrogens is 835 g/mol. The number of hydrogen-bond donors (Lipinski definition) is 2. The van der Waals surface area contributed by atoms with E-state index in [2.05, 4.69) is 23.2 Å². The number of hydrogen-bond acceptors (Lipinski definition) is 7. The zero-order chi connectivity index (χ0) is 44.2. The van der Waals surface area contributed by atoms with Crippen LogP contribution in [-0.4, -0.2) is 46.9 Å². The number of carboxylic acids is 1. The van der Waals surface area contributed by atoms with E-state index in [9.17, 15) is 19.5 Å². The number of aliphatic carboxylic acids is 1. The topological polar surface area (TPSA) is 132 Å². The van der Waals surface area contributed by atoms with Crippen molar-refractivity contribution in [1.29, 1.82) is 5.26 Å². The lowest BCUT2D eigenvalue weighted by Crippen LogP contribution is -2.55. The van der Waals surface area contributed by atoms with Crippen LogP contribution in [-0.2, 0) is 40.4 Å². The Morgan fingerprint density at radius 1 is 0.873 bits per heavy atom. The lowest BCUT2D eigenvalue weighted by Gasteiger charge is -2.42. The van der Waals surface area contributed by atoms with Crippen LogP contribution in [0.25, 0.3) is 11.1 Å². The first kappa shape index (κ1) is 43.0. The minimum Gasteiger partial charge on any atom is -0.489 e. The number of fused-ring (bicyclic) bond motifs is 2. The Hall–Kier alpha value is -6.64. The predicted octanol–water partition coefficient (Wildman–Crippen LogP) is 9.90. The second kappa shape index (κ2) is 18.8. The normalized spacial score (nSPS) is 16.7. The summed E-state index contributed by atoms with van der Waals surface area (Å²) in [5.74, 6) is -0.610. The molecule has 0 aromatic heterocycles. The van der Waals surface area contributed by atoms with E-state index >= 15 is 0 Å². The smallest absolute Gasteiger partial charge is 0.326 e. The second-order valence-electron chi connectivity index (χ2n) is 15.8. The number of likely N-dealkylation sites (N-methyl/N-ethyl adjacent to an activating group) is 1. The van der Waals surface area contributed by atoms with Gasteiger partial charge in [-0.1, -0.05) is 115 Å². The highest BCUT2D eigenvalue weighted by Gasteiger charge is 2.40. The number of halogens is 2. The highest BCUT2D eigenvalue weighted by molar-refractivity contribution is 6.42. The van der Waals surface area contributed by atoms with Crippen LogP contribution in [0.2, 0.25) is 10.0 Å². The third-order valence-electron chi connectivity index (χ3n) is 11.8. The fraction of sp³-hybridized carbons (Fsp3) is 0.216. The Balaban J connectivity index is 1.02. The second-order valence-corrected chi connectivity index (χ2v) is 16.6. The molecule has 2 aliphatic rings. The molecule has 6 aromatic rings. The van der Waals surface area contributed by atoms with Crippen molar-refractivity contribution in [2.45, 2.75) is 63.6 Å². The van der Waals surface area contributed by atoms with Crippen molar-refractivity contribution in [1.82, 2.24) is 10.2 Å². The van der Waals surface area contributed by atoms with Crippen molar-refractivity contribution in [3.8, 4) is 28.7 Å². The minimum atomic E-state index is -1.18. The first-order valence-electron chi connectivity index (χ1n) is 20.7. The molecule has 0 bridgehead atoms. The lowest BCUT2D eigenvalue weighted by molar-refractivity contribution is -0.143. The van der Waals surface area contributed by atoms with E-state index in [-0.39, 0.29) is 30.9 Å². The molecule has 2 amide bonds. The van der Waals surface area contributed by atoms with E-state index in [1.54, 1.807) is 48.3 Å². The Labute approximate surface area is 376 Å². The van der Waals surface area contributed by atoms with Gasteiger partial charge in [0.2, 0.25) is 12.0 Å². The molecule has 8 rings (SSSR count). The fourth-order valence-electron chi connectivity index (χ4n) is 8.38. The first-order chi connectivity index (χ1) is 30.5. The molecule has 0 saturated heterocycles. The van der Waals surface area contributed by atoms with Gasteiger partial charge in [-0.2, -0.15) is 5.26 Å². The van der Waals surface area contributed by atoms with E-state index < -0.39 is 24.2 Å². The predicted molar refractivity (Wildman–Crippen MR) is 243 cm³/mol. The van der Waals surface area contributed by atoms with Crippen molar-refractivity contribution in [2.24, 2.45) is 0 Å². The molecule has 0 radical (unpaired) electrons. The van der Waals surface area contributed by atoms with Crippen LogP contribution in [0.1, 0.15) is 64.4 Å². The number of nitrogens with one attached hydrogen (secondary N) is 1. The van der Waals surface area contributed by atoms with Gasteiger partial charge in [-0.3, -0.25) is 14.5 Å². The van der Waals surface area contributed by atoms with Gasteiger partial charge in [0.25, 0.3) is 5.91 Å². The van der Waals surface area contributed by atoms with E-state index in [0.717, 1.165) is 38.9 Å². The summed E-state index contributed by atoms with van der Waals surface area (Å²) in [4.78, 5) is 44.8. The molecule has 10 nitrogen and oxygen atoms in total. The van der Waals surface area contributed by atoms with Crippen LogP contribution in [0.3, 0.4) is 0 Å². The summed E-state index contributed by atoms with van der Waals surface area (Å²) in [7, 11) is 1.72. The molecule has 4 atom stereocenters. The van der Waals surface area contributed by atoms with Gasteiger partial charge in [-0.05, 0) is 100 Å². The summed E-state index contributed by atoms with van der Waals surface area (Å²) in [5.41, 5.74) is 8.18. The van der Waals surface area contributed by atoms with Gasteiger partial charge in [0.15, 0.2) is 0 Å². The number of ether oxygens (including phenoxy) is 2. The molecule has 1 unspecified atom stereocenters. The Morgan fingerprint density at radius 3 is 2.21 bits per heavy atom. The van der Waals surface area contributed by atoms with E-state index in [1.165, 1.54) is 0 Å². The van der Waals surface area contributed by atoms with Crippen molar-refractivity contribution in [3.63, 3.8) is 0 Å². The standard InChI is InChI=1S/C51H44Cl2N4O6/c1-3-44(36-7-5-4-6-8-36)57-29-39-27-47-45(56(2)50(59)48(63-47)37-18-20-40(21-19-37)62-30-33-13-22-41(52)42(53)23-33)25-38(39)26-46(57)49(58)55-43(51(60)61)24-31-9-14-34(15-10-31)35-16-11-32(28-54)12-17-35/h4-23,25,27,43-44,46,48H,3,24,26,29-30H2,1-2H3,(H,55,58)(H,60,61)/t43-,44-,46-,48?/m0/s1. The molecule has 6 aromatic carbocycles. The number of amides is 2. The molecule has 2 aliphatic heterocycles. The number of anilines is 1. The highest BCUT2D eigenvalue weighted by Crippen LogP contribution is 2.43. The number of nitrogens with zero attached hydrogens (tertiary/aromatic N) is 3. The number of carbonyl (C=O) groups is 3. The summed E-state index contributed by atoms with van der Waals surface area (Å²) in [6.07, 6.45) is 0.181. The van der Waals surface area contributed by atoms with Crippen LogP contribution >= 0.6 is 23.2 Å². The Morgan fingerprint density at radius 2 is 1.56 bits per heavy atom. The van der Waals surface area contributed by atoms with Gasteiger partial charge in [0, 0.05) is 31.6 Å². The van der Waals surface area contributed by atoms with Gasteiger partial charge >= 0.3 is 5.97 Å². The van der Waals surface area contributed by atoms with Crippen LogP contribution < -0.4 is 19.7 Å². The van der Waals surface area contributed by atoms with Gasteiger partial charge in [-0.15, -0.1) is 0 Å². The largest absolute Gasteiger partial charge is 0.489 e. The zero-order valence-electron chi connectivity index (χ0n) is 34.6. The molecule has 2 N–H and O–H groups in total. The SMILES string of the molecule is CC[C@@H](c1ccccc1)N1Cc2cc3c(cc2C[C@H]1C(=O)N[C@@H](Cc1ccc(-c2ccc(C#N)cc2)cc1)C(=O)O)N(C)C(=O)C(c1ccc(OCc2ccc(Cl)c(Cl)c2)cc1)O3. The maximum Gasteiger partial charge on any atom is 0.326 e. The maximum atomic E-state index is 14.5. The van der Waals surface area contributed by atoms with E-state index in [0.29, 0.717) is 57.7 Å². The number of benzene rings is 6. The van der Waals surface area contributed by atoms with Crippen LogP contribution in [0.5, 0.6) is 11.5 Å². The van der Waals surface area contributed by atoms with Crippen molar-refractivity contribution in [3.05, 3.63) is 182 Å². The highest BCUT2D eigenvalue weighted by atomic mass is 35.5. The number of carbonyl (C=O) groups excluding carboxylic acids is 2. The van der Waals surface area contributed by atoms with Crippen molar-refractivity contribution in [2.75, 3.05) is 11.9 Å². The molecular formula is C51H44Cl2N4O6. The average Bonchev–Trinajstić information content (AvgIpc) is 3.30. The number of carboxylic acid groups (broad SMARTS) is 1. The summed E-state index contributed by atoms with van der Waals surface area (Å²) in [6, 6.07) is 41.3. The number of nitriles is 1. The summed E-state index contributed by atoms with van der Waals surface area (Å²) >= 11 is 12.2. The maximum absolute atomic E-state index is 14.5. The van der Waals surface area contributed by atoms with Crippen LogP contribution in [0.4, 0.5) is 5.69 Å². The molecule has 0 fully saturated rings. The van der Waals surface area contributed by atoms with Crippen LogP contribution in [0.15, 0.2) is 133 Å². The van der Waals surface area contributed by atoms with Gasteiger partial charge < -0.3 is 24.8 Å². The zero-order valence-corrected chi connectivity index (χ0v) is 36.1. The summed E-state index contributed by atoms with van der Waals surface area (Å²) in [6.45, 7) is 2.75. The van der Waals surface area contributed by atoms with Crippen LogP contribution in [0, 0.1) is 11.3 Å². The van der Waals surface area contributed by atoms with Gasteiger partial charge in [-0.25, -0.2) is 4.79 Å². The molecule has 0 aliphatic carbocycles.